The van der Waals surface area contributed by atoms with Crippen molar-refractivity contribution in [2.45, 2.75) is 57.7 Å². The molecule has 6 nitrogen and oxygen atoms in total. The lowest BCUT2D eigenvalue weighted by Crippen LogP contribution is -2.53. The predicted octanol–water partition coefficient (Wildman–Crippen LogP) is 1.71. The van der Waals surface area contributed by atoms with E-state index >= 15 is 0 Å². The van der Waals surface area contributed by atoms with E-state index in [1.54, 1.807) is 0 Å². The van der Waals surface area contributed by atoms with Crippen molar-refractivity contribution in [3.05, 3.63) is 0 Å². The van der Waals surface area contributed by atoms with Crippen LogP contribution in [0.25, 0.3) is 0 Å². The van der Waals surface area contributed by atoms with Crippen molar-refractivity contribution in [3.8, 4) is 0 Å². The molecule has 144 valence electrons. The number of hydrogen-bond acceptors (Lipinski definition) is 4. The van der Waals surface area contributed by atoms with Crippen molar-refractivity contribution in [3.63, 3.8) is 0 Å². The van der Waals surface area contributed by atoms with E-state index in [0.29, 0.717) is 0 Å². The molecule has 0 aromatic rings. The van der Waals surface area contributed by atoms with Gasteiger partial charge in [0.2, 0.25) is 0 Å². The van der Waals surface area contributed by atoms with Gasteiger partial charge in [-0.2, -0.15) is 0 Å². The van der Waals surface area contributed by atoms with Gasteiger partial charge < -0.3 is 24.6 Å². The quantitative estimate of drug-likeness (QED) is 0.429. The maximum atomic E-state index is 5.97. The molecule has 3 rings (SSSR count). The normalized spacial score (nSPS) is 28.7. The number of unbranched alkanes of at least 4 members (excludes halogenated alkanes) is 1. The van der Waals surface area contributed by atoms with Crippen LogP contribution in [0.4, 0.5) is 0 Å². The number of aliphatic imine (C=N–C) groups is 1. The van der Waals surface area contributed by atoms with E-state index in [2.05, 4.69) is 22.0 Å². The van der Waals surface area contributed by atoms with Crippen molar-refractivity contribution in [1.82, 2.24) is 15.1 Å². The third-order valence-corrected chi connectivity index (χ3v) is 5.45. The molecule has 25 heavy (non-hydrogen) atoms. The highest BCUT2D eigenvalue weighted by Gasteiger charge is 2.32. The van der Waals surface area contributed by atoms with E-state index < -0.39 is 0 Å². The molecule has 0 bridgehead atoms. The summed E-state index contributed by atoms with van der Waals surface area (Å²) in [6.07, 6.45) is 7.94. The first-order valence-electron chi connectivity index (χ1n) is 10.4. The van der Waals surface area contributed by atoms with E-state index in [0.717, 1.165) is 58.2 Å². The Balaban J connectivity index is 1.43. The Hall–Kier alpha value is -0.850. The second-order valence-corrected chi connectivity index (χ2v) is 7.40. The summed E-state index contributed by atoms with van der Waals surface area (Å²) in [4.78, 5) is 9.83. The zero-order chi connectivity index (χ0) is 17.3. The van der Waals surface area contributed by atoms with Gasteiger partial charge in [0, 0.05) is 32.8 Å². The van der Waals surface area contributed by atoms with Gasteiger partial charge in [-0.3, -0.25) is 4.99 Å². The Kier molecular flexibility index (Phi) is 7.82. The minimum Gasteiger partial charge on any atom is -0.375 e. The van der Waals surface area contributed by atoms with Gasteiger partial charge in [-0.15, -0.1) is 0 Å². The van der Waals surface area contributed by atoms with Gasteiger partial charge in [0.25, 0.3) is 0 Å². The summed E-state index contributed by atoms with van der Waals surface area (Å²) >= 11 is 0. The fourth-order valence-electron chi connectivity index (χ4n) is 4.05. The zero-order valence-corrected chi connectivity index (χ0v) is 15.9. The van der Waals surface area contributed by atoms with Crippen LogP contribution in [0.15, 0.2) is 4.99 Å². The SMILES string of the molecule is CCNC(=NCCCCN1CCCC1)N1CCOC(C2CCCO2)C1. The van der Waals surface area contributed by atoms with E-state index in [1.165, 1.54) is 45.3 Å². The summed E-state index contributed by atoms with van der Waals surface area (Å²) in [5, 5.41) is 3.46. The van der Waals surface area contributed by atoms with Crippen LogP contribution in [-0.2, 0) is 9.47 Å². The van der Waals surface area contributed by atoms with Crippen LogP contribution in [0.1, 0.15) is 45.4 Å². The summed E-state index contributed by atoms with van der Waals surface area (Å²) in [6.45, 7) is 11.3. The Bertz CT molecular complexity index is 406. The summed E-state index contributed by atoms with van der Waals surface area (Å²) in [7, 11) is 0. The van der Waals surface area contributed by atoms with E-state index in [1.807, 2.05) is 0 Å². The van der Waals surface area contributed by atoms with E-state index in [9.17, 15) is 0 Å². The lowest BCUT2D eigenvalue weighted by Gasteiger charge is -2.37. The third kappa shape index (κ3) is 5.83. The number of rotatable bonds is 7. The number of likely N-dealkylation sites (tertiary alicyclic amines) is 1. The zero-order valence-electron chi connectivity index (χ0n) is 15.9. The Morgan fingerprint density at radius 3 is 2.64 bits per heavy atom. The minimum atomic E-state index is 0.190. The highest BCUT2D eigenvalue weighted by molar-refractivity contribution is 5.80. The van der Waals surface area contributed by atoms with Crippen LogP contribution < -0.4 is 5.32 Å². The topological polar surface area (TPSA) is 49.3 Å². The molecule has 3 aliphatic rings. The molecule has 0 aromatic heterocycles. The van der Waals surface area contributed by atoms with Crippen LogP contribution in [0, 0.1) is 0 Å². The molecule has 0 spiro atoms. The van der Waals surface area contributed by atoms with Crippen molar-refractivity contribution in [2.75, 3.05) is 59.0 Å². The molecule has 1 N–H and O–H groups in total. The average Bonchev–Trinajstić information content (AvgIpc) is 3.34. The Morgan fingerprint density at radius 2 is 1.88 bits per heavy atom. The van der Waals surface area contributed by atoms with Gasteiger partial charge in [0.05, 0.1) is 12.7 Å². The molecule has 0 aromatic carbocycles. The highest BCUT2D eigenvalue weighted by atomic mass is 16.5. The average molecular weight is 353 g/mol. The van der Waals surface area contributed by atoms with Crippen molar-refractivity contribution in [1.29, 1.82) is 0 Å². The van der Waals surface area contributed by atoms with Crippen LogP contribution in [0.3, 0.4) is 0 Å². The number of nitrogens with one attached hydrogen (secondary N) is 1. The predicted molar refractivity (Wildman–Crippen MR) is 101 cm³/mol. The molecule has 3 fully saturated rings. The fourth-order valence-corrected chi connectivity index (χ4v) is 4.05. The van der Waals surface area contributed by atoms with Crippen LogP contribution in [-0.4, -0.2) is 87.0 Å². The number of hydrogen-bond donors (Lipinski definition) is 1. The molecular formula is C19H36N4O2. The van der Waals surface area contributed by atoms with Crippen LogP contribution in [0.5, 0.6) is 0 Å². The lowest BCUT2D eigenvalue weighted by molar-refractivity contribution is -0.0817. The van der Waals surface area contributed by atoms with E-state index in [4.69, 9.17) is 14.5 Å². The van der Waals surface area contributed by atoms with Gasteiger partial charge in [0.15, 0.2) is 5.96 Å². The highest BCUT2D eigenvalue weighted by Crippen LogP contribution is 2.21. The van der Waals surface area contributed by atoms with Crippen molar-refractivity contribution in [2.24, 2.45) is 4.99 Å². The van der Waals surface area contributed by atoms with E-state index in [-0.39, 0.29) is 12.2 Å². The first-order chi connectivity index (χ1) is 12.4. The summed E-state index contributed by atoms with van der Waals surface area (Å²) < 4.78 is 11.8. The van der Waals surface area contributed by atoms with Gasteiger partial charge >= 0.3 is 0 Å². The first-order valence-corrected chi connectivity index (χ1v) is 10.4. The van der Waals surface area contributed by atoms with Gasteiger partial charge in [-0.25, -0.2) is 0 Å². The summed E-state index contributed by atoms with van der Waals surface area (Å²) in [5.41, 5.74) is 0. The standard InChI is InChI=1S/C19H36N4O2/c1-2-20-19(21-9-3-4-10-22-11-5-6-12-22)23-13-15-25-18(16-23)17-8-7-14-24-17/h17-18H,2-16H2,1H3,(H,20,21). The van der Waals surface area contributed by atoms with Crippen molar-refractivity contribution < 1.29 is 9.47 Å². The molecule has 0 amide bonds. The second kappa shape index (κ2) is 10.3. The second-order valence-electron chi connectivity index (χ2n) is 7.40. The van der Waals surface area contributed by atoms with Crippen LogP contribution in [0.2, 0.25) is 0 Å². The largest absolute Gasteiger partial charge is 0.375 e. The monoisotopic (exact) mass is 352 g/mol. The van der Waals surface area contributed by atoms with Gasteiger partial charge in [-0.1, -0.05) is 0 Å². The smallest absolute Gasteiger partial charge is 0.194 e. The molecule has 0 radical (unpaired) electrons. The maximum absolute atomic E-state index is 5.97. The molecule has 6 heteroatoms. The maximum Gasteiger partial charge on any atom is 0.194 e. The molecule has 2 unspecified atom stereocenters. The lowest BCUT2D eigenvalue weighted by atomic mass is 10.1. The first kappa shape index (κ1) is 18.9. The molecule has 2 atom stereocenters. The van der Waals surface area contributed by atoms with Gasteiger partial charge in [0.1, 0.15) is 6.10 Å². The van der Waals surface area contributed by atoms with Crippen molar-refractivity contribution >= 4 is 5.96 Å². The molecule has 3 heterocycles. The Labute approximate surface area is 152 Å². The Morgan fingerprint density at radius 1 is 1.04 bits per heavy atom. The number of ether oxygens (including phenoxy) is 2. The number of morpholine rings is 1. The molecule has 0 aliphatic carbocycles. The summed E-state index contributed by atoms with van der Waals surface area (Å²) in [6, 6.07) is 0. The molecule has 3 saturated heterocycles. The number of nitrogens with zero attached hydrogens (tertiary/aromatic N) is 3. The number of guanidine groups is 1. The fraction of sp³-hybridized carbons (Fsp3) is 0.947. The third-order valence-electron chi connectivity index (χ3n) is 5.45. The summed E-state index contributed by atoms with van der Waals surface area (Å²) in [5.74, 6) is 1.05. The van der Waals surface area contributed by atoms with Crippen LogP contribution >= 0.6 is 0 Å². The molecular weight excluding hydrogens is 316 g/mol. The minimum absolute atomic E-state index is 0.190. The van der Waals surface area contributed by atoms with Gasteiger partial charge in [-0.05, 0) is 65.1 Å². The molecule has 0 saturated carbocycles. The molecule has 3 aliphatic heterocycles.